The molecule has 0 bridgehead atoms. The summed E-state index contributed by atoms with van der Waals surface area (Å²) < 4.78 is 35.7. The Morgan fingerprint density at radius 1 is 1.38 bits per heavy atom. The molecule has 0 saturated heterocycles. The van der Waals surface area contributed by atoms with Gasteiger partial charge in [0.15, 0.2) is 5.78 Å². The maximum Gasteiger partial charge on any atom is 0.389 e. The van der Waals surface area contributed by atoms with Crippen LogP contribution in [0.15, 0.2) is 18.2 Å². The first kappa shape index (κ1) is 12.8. The first-order valence-corrected chi connectivity index (χ1v) is 4.82. The summed E-state index contributed by atoms with van der Waals surface area (Å²) >= 11 is 5.60. The first-order valence-electron chi connectivity index (χ1n) is 4.44. The van der Waals surface area contributed by atoms with Crippen LogP contribution in [0.3, 0.4) is 0 Å². The largest absolute Gasteiger partial charge is 0.398 e. The van der Waals surface area contributed by atoms with E-state index in [1.165, 1.54) is 18.2 Å². The molecule has 0 aliphatic carbocycles. The van der Waals surface area contributed by atoms with Gasteiger partial charge in [0, 0.05) is 22.7 Å². The maximum atomic E-state index is 11.9. The Balaban J connectivity index is 2.74. The molecule has 0 fully saturated rings. The van der Waals surface area contributed by atoms with Crippen LogP contribution < -0.4 is 5.73 Å². The van der Waals surface area contributed by atoms with Crippen molar-refractivity contribution in [3.05, 3.63) is 28.8 Å². The molecule has 0 aliphatic heterocycles. The molecule has 0 spiro atoms. The van der Waals surface area contributed by atoms with Crippen molar-refractivity contribution in [3.63, 3.8) is 0 Å². The summed E-state index contributed by atoms with van der Waals surface area (Å²) in [6.07, 6.45) is -6.08. The molecule has 0 atom stereocenters. The monoisotopic (exact) mass is 251 g/mol. The Bertz CT molecular complexity index is 404. The van der Waals surface area contributed by atoms with E-state index < -0.39 is 24.8 Å². The predicted octanol–water partition coefficient (Wildman–Crippen LogP) is 3.45. The van der Waals surface area contributed by atoms with E-state index in [2.05, 4.69) is 0 Å². The molecule has 1 aromatic carbocycles. The Labute approximate surface area is 95.2 Å². The SMILES string of the molecule is Nc1cc(Cl)ccc1C(=O)CCC(F)(F)F. The van der Waals surface area contributed by atoms with Gasteiger partial charge in [-0.3, -0.25) is 4.79 Å². The van der Waals surface area contributed by atoms with Crippen molar-refractivity contribution in [1.82, 2.24) is 0 Å². The van der Waals surface area contributed by atoms with Gasteiger partial charge in [-0.15, -0.1) is 0 Å². The maximum absolute atomic E-state index is 11.9. The van der Waals surface area contributed by atoms with Gasteiger partial charge < -0.3 is 5.73 Å². The van der Waals surface area contributed by atoms with Gasteiger partial charge in [0.2, 0.25) is 0 Å². The molecule has 16 heavy (non-hydrogen) atoms. The number of carbonyl (C=O) groups excluding carboxylic acids is 1. The second-order valence-electron chi connectivity index (χ2n) is 3.27. The fraction of sp³-hybridized carbons (Fsp3) is 0.300. The fourth-order valence-corrected chi connectivity index (χ4v) is 1.36. The second-order valence-corrected chi connectivity index (χ2v) is 3.71. The number of benzene rings is 1. The van der Waals surface area contributed by atoms with E-state index in [4.69, 9.17) is 17.3 Å². The normalized spacial score (nSPS) is 11.5. The van der Waals surface area contributed by atoms with Crippen LogP contribution >= 0.6 is 11.6 Å². The van der Waals surface area contributed by atoms with E-state index in [1.54, 1.807) is 0 Å². The molecule has 0 aromatic heterocycles. The van der Waals surface area contributed by atoms with E-state index in [1.807, 2.05) is 0 Å². The summed E-state index contributed by atoms with van der Waals surface area (Å²) in [6, 6.07) is 4.08. The molecule has 2 nitrogen and oxygen atoms in total. The standard InChI is InChI=1S/C10H9ClF3NO/c11-6-1-2-7(8(15)5-6)9(16)3-4-10(12,13)14/h1-2,5H,3-4,15H2. The highest BCUT2D eigenvalue weighted by molar-refractivity contribution is 6.31. The van der Waals surface area contributed by atoms with Gasteiger partial charge in [-0.05, 0) is 18.2 Å². The number of nitrogen functional groups attached to an aromatic ring is 1. The molecule has 0 saturated carbocycles. The van der Waals surface area contributed by atoms with Crippen molar-refractivity contribution in [3.8, 4) is 0 Å². The number of alkyl halides is 3. The van der Waals surface area contributed by atoms with Crippen molar-refractivity contribution in [2.75, 3.05) is 5.73 Å². The molecule has 0 aliphatic rings. The van der Waals surface area contributed by atoms with Crippen molar-refractivity contribution >= 4 is 23.1 Å². The number of halogens is 4. The van der Waals surface area contributed by atoms with Crippen LogP contribution in [0.1, 0.15) is 23.2 Å². The molecule has 0 amide bonds. The van der Waals surface area contributed by atoms with Gasteiger partial charge in [-0.1, -0.05) is 11.6 Å². The van der Waals surface area contributed by atoms with Crippen molar-refractivity contribution < 1.29 is 18.0 Å². The lowest BCUT2D eigenvalue weighted by Crippen LogP contribution is -2.12. The van der Waals surface area contributed by atoms with Crippen molar-refractivity contribution in [2.45, 2.75) is 19.0 Å². The van der Waals surface area contributed by atoms with E-state index in [9.17, 15) is 18.0 Å². The minimum atomic E-state index is -4.34. The highest BCUT2D eigenvalue weighted by atomic mass is 35.5. The highest BCUT2D eigenvalue weighted by Gasteiger charge is 2.28. The number of ketones is 1. The molecule has 0 heterocycles. The van der Waals surface area contributed by atoms with E-state index in [0.29, 0.717) is 5.02 Å². The number of Topliss-reactive ketones (excluding diaryl/α,β-unsaturated/α-hetero) is 1. The van der Waals surface area contributed by atoms with Gasteiger partial charge in [0.25, 0.3) is 0 Å². The topological polar surface area (TPSA) is 43.1 Å². The number of nitrogens with two attached hydrogens (primary N) is 1. The second kappa shape index (κ2) is 4.74. The van der Waals surface area contributed by atoms with Crippen LogP contribution in [0.5, 0.6) is 0 Å². The third kappa shape index (κ3) is 3.73. The molecule has 2 N–H and O–H groups in total. The van der Waals surface area contributed by atoms with Gasteiger partial charge in [-0.2, -0.15) is 13.2 Å². The van der Waals surface area contributed by atoms with E-state index >= 15 is 0 Å². The summed E-state index contributed by atoms with van der Waals surface area (Å²) in [4.78, 5) is 11.4. The fourth-order valence-electron chi connectivity index (χ4n) is 1.18. The number of anilines is 1. The first-order chi connectivity index (χ1) is 7.29. The summed E-state index contributed by atoms with van der Waals surface area (Å²) in [7, 11) is 0. The van der Waals surface area contributed by atoms with Crippen LogP contribution in [0.2, 0.25) is 5.02 Å². The predicted molar refractivity (Wildman–Crippen MR) is 55.5 cm³/mol. The molecular weight excluding hydrogens is 243 g/mol. The smallest absolute Gasteiger partial charge is 0.389 e. The van der Waals surface area contributed by atoms with E-state index in [0.717, 1.165) is 0 Å². The zero-order chi connectivity index (χ0) is 12.3. The molecule has 1 rings (SSSR count). The Morgan fingerprint density at radius 3 is 2.50 bits per heavy atom. The van der Waals surface area contributed by atoms with Gasteiger partial charge in [0.05, 0.1) is 6.42 Å². The lowest BCUT2D eigenvalue weighted by Gasteiger charge is -2.07. The zero-order valence-corrected chi connectivity index (χ0v) is 8.90. The molecule has 0 radical (unpaired) electrons. The molecule has 88 valence electrons. The molecule has 1 aromatic rings. The number of hydrogen-bond donors (Lipinski definition) is 1. The Kier molecular flexibility index (Phi) is 3.80. The summed E-state index contributed by atoms with van der Waals surface area (Å²) in [5, 5.41) is 0.338. The number of hydrogen-bond acceptors (Lipinski definition) is 2. The third-order valence-corrected chi connectivity index (χ3v) is 2.18. The van der Waals surface area contributed by atoms with Crippen LogP contribution in [0, 0.1) is 0 Å². The van der Waals surface area contributed by atoms with Crippen LogP contribution in [-0.2, 0) is 0 Å². The van der Waals surface area contributed by atoms with Gasteiger partial charge >= 0.3 is 6.18 Å². The molecule has 0 unspecified atom stereocenters. The van der Waals surface area contributed by atoms with Crippen LogP contribution in [0.4, 0.5) is 18.9 Å². The van der Waals surface area contributed by atoms with Crippen LogP contribution in [0.25, 0.3) is 0 Å². The summed E-state index contributed by atoms with van der Waals surface area (Å²) in [5.41, 5.74) is 5.65. The number of rotatable bonds is 3. The Hall–Kier alpha value is -1.23. The lowest BCUT2D eigenvalue weighted by atomic mass is 10.0. The van der Waals surface area contributed by atoms with Crippen LogP contribution in [-0.4, -0.2) is 12.0 Å². The molecule has 6 heteroatoms. The van der Waals surface area contributed by atoms with Crippen molar-refractivity contribution in [1.29, 1.82) is 0 Å². The number of carbonyl (C=O) groups is 1. The highest BCUT2D eigenvalue weighted by Crippen LogP contribution is 2.25. The minimum Gasteiger partial charge on any atom is -0.398 e. The third-order valence-electron chi connectivity index (χ3n) is 1.95. The average molecular weight is 252 g/mol. The zero-order valence-electron chi connectivity index (χ0n) is 8.14. The van der Waals surface area contributed by atoms with Crippen molar-refractivity contribution in [2.24, 2.45) is 0 Å². The quantitative estimate of drug-likeness (QED) is 0.660. The van der Waals surface area contributed by atoms with Gasteiger partial charge in [-0.25, -0.2) is 0 Å². The van der Waals surface area contributed by atoms with Gasteiger partial charge in [0.1, 0.15) is 0 Å². The average Bonchev–Trinajstić information content (AvgIpc) is 2.13. The van der Waals surface area contributed by atoms with E-state index in [-0.39, 0.29) is 11.3 Å². The molecular formula is C10H9ClF3NO. The Morgan fingerprint density at radius 2 is 2.00 bits per heavy atom. The minimum absolute atomic E-state index is 0.0775. The summed E-state index contributed by atoms with van der Waals surface area (Å²) in [6.45, 7) is 0. The summed E-state index contributed by atoms with van der Waals surface area (Å²) in [5.74, 6) is -0.633. The lowest BCUT2D eigenvalue weighted by molar-refractivity contribution is -0.133.